The number of aromatic nitrogens is 2. The second-order valence-electron chi connectivity index (χ2n) is 9.05. The summed E-state index contributed by atoms with van der Waals surface area (Å²) in [7, 11) is 0. The first-order valence-electron chi connectivity index (χ1n) is 11.4. The van der Waals surface area contributed by atoms with E-state index in [2.05, 4.69) is 32.5 Å². The van der Waals surface area contributed by atoms with E-state index >= 15 is 0 Å². The Labute approximate surface area is 196 Å². The van der Waals surface area contributed by atoms with Crippen molar-refractivity contribution < 1.29 is 14.0 Å². The van der Waals surface area contributed by atoms with Gasteiger partial charge in [0.25, 0.3) is 5.03 Å². The molecule has 6 rings (SSSR count). The highest BCUT2D eigenvalue weighted by Crippen LogP contribution is 2.40. The van der Waals surface area contributed by atoms with Crippen LogP contribution in [0.4, 0.5) is 5.82 Å². The van der Waals surface area contributed by atoms with Crippen LogP contribution in [-0.4, -0.2) is 45.6 Å². The van der Waals surface area contributed by atoms with Gasteiger partial charge in [0, 0.05) is 42.9 Å². The number of hydrogen-bond donors (Lipinski definition) is 1. The summed E-state index contributed by atoms with van der Waals surface area (Å²) < 4.78 is 23.6. The van der Waals surface area contributed by atoms with E-state index in [-0.39, 0.29) is 0 Å². The van der Waals surface area contributed by atoms with Gasteiger partial charge in [-0.15, -0.1) is 5.10 Å². The maximum Gasteiger partial charge on any atom is 0.269 e. The van der Waals surface area contributed by atoms with Gasteiger partial charge < -0.3 is 19.3 Å². The predicted octanol–water partition coefficient (Wildman–Crippen LogP) is 3.69. The van der Waals surface area contributed by atoms with Crippen LogP contribution in [0.1, 0.15) is 18.4 Å². The molecule has 3 aromatic rings. The molecule has 170 valence electrons. The monoisotopic (exact) mass is 462 g/mol. The van der Waals surface area contributed by atoms with Gasteiger partial charge in [-0.3, -0.25) is 4.90 Å². The number of likely N-dealkylation sites (tertiary alicyclic amines) is 1. The molecular weight excluding hydrogens is 436 g/mol. The third kappa shape index (κ3) is 4.38. The minimum Gasteiger partial charge on any atom is -0.605 e. The van der Waals surface area contributed by atoms with Crippen LogP contribution >= 0.6 is 0 Å². The number of benzene rings is 2. The second kappa shape index (κ2) is 8.85. The SMILES string of the molecule is [O-][S+](c1ccccc1)c1ccc(N[C@@H]2CC3CN(Cc4ccc5c(c4)OCO5)C[C@H]3C2)nn1. The van der Waals surface area contributed by atoms with Crippen molar-refractivity contribution in [1.29, 1.82) is 0 Å². The lowest BCUT2D eigenvalue weighted by Crippen LogP contribution is -2.25. The predicted molar refractivity (Wildman–Crippen MR) is 125 cm³/mol. The minimum atomic E-state index is -1.31. The Hall–Kier alpha value is -2.81. The van der Waals surface area contributed by atoms with Gasteiger partial charge in [-0.2, -0.15) is 0 Å². The summed E-state index contributed by atoms with van der Waals surface area (Å²) in [6, 6.07) is 19.7. The fourth-order valence-corrected chi connectivity index (χ4v) is 6.26. The van der Waals surface area contributed by atoms with Crippen LogP contribution in [0.15, 0.2) is 70.6 Å². The molecule has 1 saturated carbocycles. The lowest BCUT2D eigenvalue weighted by molar-refractivity contribution is 0.174. The Kier molecular flexibility index (Phi) is 5.57. The Morgan fingerprint density at radius 2 is 1.73 bits per heavy atom. The Bertz CT molecular complexity index is 1100. The first-order chi connectivity index (χ1) is 16.2. The highest BCUT2D eigenvalue weighted by molar-refractivity contribution is 7.91. The number of nitrogens with one attached hydrogen (secondary N) is 1. The van der Waals surface area contributed by atoms with E-state index in [0.29, 0.717) is 29.7 Å². The fraction of sp³-hybridized carbons (Fsp3) is 0.360. The quantitative estimate of drug-likeness (QED) is 0.560. The van der Waals surface area contributed by atoms with Crippen molar-refractivity contribution in [2.75, 3.05) is 25.2 Å². The number of rotatable bonds is 6. The van der Waals surface area contributed by atoms with Gasteiger partial charge in [-0.05, 0) is 60.6 Å². The molecule has 2 aliphatic heterocycles. The van der Waals surface area contributed by atoms with E-state index in [1.54, 1.807) is 6.07 Å². The van der Waals surface area contributed by atoms with Crippen molar-refractivity contribution in [3.05, 3.63) is 66.2 Å². The number of nitrogens with zero attached hydrogens (tertiary/aromatic N) is 3. The number of ether oxygens (including phenoxy) is 2. The van der Waals surface area contributed by atoms with Gasteiger partial charge in [0.2, 0.25) is 6.79 Å². The van der Waals surface area contributed by atoms with E-state index in [4.69, 9.17) is 9.47 Å². The molecule has 3 heterocycles. The van der Waals surface area contributed by atoms with Crippen molar-refractivity contribution in [3.63, 3.8) is 0 Å². The summed E-state index contributed by atoms with van der Waals surface area (Å²) >= 11 is -1.31. The molecule has 0 bridgehead atoms. The zero-order chi connectivity index (χ0) is 22.2. The largest absolute Gasteiger partial charge is 0.605 e. The van der Waals surface area contributed by atoms with Crippen molar-refractivity contribution >= 4 is 17.0 Å². The van der Waals surface area contributed by atoms with Crippen molar-refractivity contribution in [2.45, 2.75) is 35.3 Å². The van der Waals surface area contributed by atoms with Gasteiger partial charge in [-0.25, -0.2) is 0 Å². The number of anilines is 1. The molecule has 1 saturated heterocycles. The minimum absolute atomic E-state index is 0.318. The fourth-order valence-electron chi connectivity index (χ4n) is 5.31. The van der Waals surface area contributed by atoms with E-state index in [1.807, 2.05) is 42.5 Å². The summed E-state index contributed by atoms with van der Waals surface area (Å²) in [6.07, 6.45) is 2.28. The van der Waals surface area contributed by atoms with Crippen LogP contribution in [0.25, 0.3) is 0 Å². The summed E-state index contributed by atoms with van der Waals surface area (Å²) in [5.41, 5.74) is 1.28. The van der Waals surface area contributed by atoms with E-state index < -0.39 is 11.2 Å². The third-order valence-electron chi connectivity index (χ3n) is 6.81. The van der Waals surface area contributed by atoms with Gasteiger partial charge >= 0.3 is 0 Å². The van der Waals surface area contributed by atoms with E-state index in [0.717, 1.165) is 54.7 Å². The Morgan fingerprint density at radius 1 is 0.939 bits per heavy atom. The standard InChI is InChI=1S/C25H26N4O3S/c30-33(21-4-2-1-3-5-21)25-9-8-24(27-28-25)26-20-11-18-14-29(15-19(18)12-20)13-17-6-7-22-23(10-17)32-16-31-22/h1-10,18-20H,11-16H2,(H,26,27)/t18-,19?,20+,33?/m1/s1. The summed E-state index contributed by atoms with van der Waals surface area (Å²) in [6.45, 7) is 3.52. The van der Waals surface area contributed by atoms with Gasteiger partial charge in [0.15, 0.2) is 16.4 Å². The van der Waals surface area contributed by atoms with Gasteiger partial charge in [0.05, 0.1) is 0 Å². The molecule has 4 atom stereocenters. The topological polar surface area (TPSA) is 82.6 Å². The zero-order valence-corrected chi connectivity index (χ0v) is 19.0. The molecule has 1 aliphatic carbocycles. The Morgan fingerprint density at radius 3 is 2.48 bits per heavy atom. The molecule has 8 heteroatoms. The lowest BCUT2D eigenvalue weighted by atomic mass is 10.0. The Balaban J connectivity index is 1.02. The average Bonchev–Trinajstić information content (AvgIpc) is 3.54. The average molecular weight is 463 g/mol. The summed E-state index contributed by atoms with van der Waals surface area (Å²) in [5.74, 6) is 3.86. The summed E-state index contributed by atoms with van der Waals surface area (Å²) in [4.78, 5) is 3.29. The first-order valence-corrected chi connectivity index (χ1v) is 12.5. The third-order valence-corrected chi connectivity index (χ3v) is 8.11. The maximum absolute atomic E-state index is 12.6. The molecular formula is C25H26N4O3S. The smallest absolute Gasteiger partial charge is 0.269 e. The normalized spacial score (nSPS) is 24.6. The van der Waals surface area contributed by atoms with Crippen LogP contribution in [0.3, 0.4) is 0 Å². The van der Waals surface area contributed by atoms with Crippen molar-refractivity contribution in [2.24, 2.45) is 11.8 Å². The van der Waals surface area contributed by atoms with Crippen LogP contribution in [0.5, 0.6) is 11.5 Å². The first kappa shape index (κ1) is 20.8. The lowest BCUT2D eigenvalue weighted by Gasteiger charge is -2.20. The maximum atomic E-state index is 12.6. The zero-order valence-electron chi connectivity index (χ0n) is 18.2. The molecule has 1 N–H and O–H groups in total. The van der Waals surface area contributed by atoms with E-state index in [9.17, 15) is 4.55 Å². The van der Waals surface area contributed by atoms with Crippen molar-refractivity contribution in [3.8, 4) is 11.5 Å². The molecule has 33 heavy (non-hydrogen) atoms. The highest BCUT2D eigenvalue weighted by Gasteiger charge is 2.41. The van der Waals surface area contributed by atoms with Crippen molar-refractivity contribution in [1.82, 2.24) is 15.1 Å². The summed E-state index contributed by atoms with van der Waals surface area (Å²) in [5, 5.41) is 12.5. The van der Waals surface area contributed by atoms with E-state index in [1.165, 1.54) is 5.56 Å². The molecule has 3 aliphatic rings. The molecule has 7 nitrogen and oxygen atoms in total. The van der Waals surface area contributed by atoms with Gasteiger partial charge in [0.1, 0.15) is 5.82 Å². The highest BCUT2D eigenvalue weighted by atomic mass is 32.2. The van der Waals surface area contributed by atoms with Gasteiger partial charge in [-0.1, -0.05) is 29.4 Å². The molecule has 2 unspecified atom stereocenters. The van der Waals surface area contributed by atoms with Crippen LogP contribution in [-0.2, 0) is 17.7 Å². The molecule has 1 aromatic heterocycles. The second-order valence-corrected chi connectivity index (χ2v) is 10.5. The molecule has 0 radical (unpaired) electrons. The molecule has 0 spiro atoms. The molecule has 2 aromatic carbocycles. The van der Waals surface area contributed by atoms with Crippen LogP contribution < -0.4 is 14.8 Å². The van der Waals surface area contributed by atoms with Crippen LogP contribution in [0.2, 0.25) is 0 Å². The molecule has 2 fully saturated rings. The van der Waals surface area contributed by atoms with Crippen LogP contribution in [0, 0.1) is 11.8 Å². The molecule has 0 amide bonds. The number of fused-ring (bicyclic) bond motifs is 2. The number of hydrogen-bond acceptors (Lipinski definition) is 7.